The number of amides is 1. The zero-order valence-electron chi connectivity index (χ0n) is 13.1. The van der Waals surface area contributed by atoms with E-state index < -0.39 is 36.5 Å². The highest BCUT2D eigenvalue weighted by molar-refractivity contribution is 5.81. The SMILES string of the molecule is CC(C)(COCC(F)F)C(=O)NCc1ccccc1OC(F)(F)F. The van der Waals surface area contributed by atoms with Gasteiger partial charge < -0.3 is 14.8 Å². The van der Waals surface area contributed by atoms with Gasteiger partial charge in [0.05, 0.1) is 12.0 Å². The Morgan fingerprint density at radius 1 is 1.21 bits per heavy atom. The summed E-state index contributed by atoms with van der Waals surface area (Å²) >= 11 is 0. The number of benzene rings is 1. The first-order valence-corrected chi connectivity index (χ1v) is 6.99. The van der Waals surface area contributed by atoms with E-state index in [9.17, 15) is 26.7 Å². The average Bonchev–Trinajstić information content (AvgIpc) is 2.43. The van der Waals surface area contributed by atoms with Crippen molar-refractivity contribution in [1.29, 1.82) is 0 Å². The van der Waals surface area contributed by atoms with Crippen LogP contribution in [0.15, 0.2) is 24.3 Å². The van der Waals surface area contributed by atoms with Crippen LogP contribution in [-0.4, -0.2) is 31.9 Å². The summed E-state index contributed by atoms with van der Waals surface area (Å²) in [4.78, 5) is 12.1. The molecule has 9 heteroatoms. The van der Waals surface area contributed by atoms with Crippen LogP contribution in [0.25, 0.3) is 0 Å². The fourth-order valence-corrected chi connectivity index (χ4v) is 1.76. The van der Waals surface area contributed by atoms with Crippen LogP contribution in [0, 0.1) is 5.41 Å². The highest BCUT2D eigenvalue weighted by atomic mass is 19.4. The van der Waals surface area contributed by atoms with Crippen LogP contribution in [0.1, 0.15) is 19.4 Å². The van der Waals surface area contributed by atoms with Gasteiger partial charge in [0.2, 0.25) is 5.91 Å². The Kier molecular flexibility index (Phi) is 6.94. The topological polar surface area (TPSA) is 47.6 Å². The first kappa shape index (κ1) is 20.1. The second kappa shape index (κ2) is 8.27. The van der Waals surface area contributed by atoms with Gasteiger partial charge in [0.1, 0.15) is 12.4 Å². The molecule has 0 aliphatic rings. The van der Waals surface area contributed by atoms with E-state index in [0.29, 0.717) is 0 Å². The van der Waals surface area contributed by atoms with Crippen LogP contribution in [-0.2, 0) is 16.1 Å². The van der Waals surface area contributed by atoms with E-state index in [0.717, 1.165) is 6.07 Å². The molecule has 0 atom stereocenters. The van der Waals surface area contributed by atoms with Crippen molar-refractivity contribution in [1.82, 2.24) is 5.32 Å². The third kappa shape index (κ3) is 7.12. The van der Waals surface area contributed by atoms with Crippen molar-refractivity contribution in [3.8, 4) is 5.75 Å². The Hall–Kier alpha value is -1.90. The van der Waals surface area contributed by atoms with Gasteiger partial charge in [0.15, 0.2) is 0 Å². The Labute approximate surface area is 135 Å². The number of nitrogens with one attached hydrogen (secondary N) is 1. The van der Waals surface area contributed by atoms with Crippen LogP contribution < -0.4 is 10.1 Å². The second-order valence-corrected chi connectivity index (χ2v) is 5.63. The van der Waals surface area contributed by atoms with E-state index in [1.165, 1.54) is 32.0 Å². The second-order valence-electron chi connectivity index (χ2n) is 5.63. The standard InChI is InChI=1S/C15H18F5NO3/c1-14(2,9-23-8-12(16)17)13(22)21-7-10-5-3-4-6-11(10)24-15(18,19)20/h3-6,12H,7-9H2,1-2H3,(H,21,22). The van der Waals surface area contributed by atoms with Gasteiger partial charge in [-0.25, -0.2) is 8.78 Å². The van der Waals surface area contributed by atoms with Crippen molar-refractivity contribution in [2.45, 2.75) is 33.2 Å². The Bertz CT molecular complexity index is 546. The maximum atomic E-state index is 12.3. The van der Waals surface area contributed by atoms with Crippen LogP contribution in [0.2, 0.25) is 0 Å². The molecule has 0 aliphatic heterocycles. The zero-order valence-corrected chi connectivity index (χ0v) is 13.1. The smallest absolute Gasteiger partial charge is 0.405 e. The molecular weight excluding hydrogens is 337 g/mol. The van der Waals surface area contributed by atoms with Crippen molar-refractivity contribution >= 4 is 5.91 Å². The molecule has 1 N–H and O–H groups in total. The summed E-state index contributed by atoms with van der Waals surface area (Å²) in [7, 11) is 0. The molecule has 1 aromatic rings. The summed E-state index contributed by atoms with van der Waals surface area (Å²) in [6.45, 7) is 1.71. The number of hydrogen-bond acceptors (Lipinski definition) is 3. The van der Waals surface area contributed by atoms with Crippen LogP contribution in [0.3, 0.4) is 0 Å². The van der Waals surface area contributed by atoms with Gasteiger partial charge in [0.25, 0.3) is 6.43 Å². The summed E-state index contributed by atoms with van der Waals surface area (Å²) in [6, 6.07) is 5.38. The lowest BCUT2D eigenvalue weighted by Crippen LogP contribution is -2.40. The summed E-state index contributed by atoms with van der Waals surface area (Å²) in [5, 5.41) is 2.45. The van der Waals surface area contributed by atoms with E-state index in [1.807, 2.05) is 0 Å². The molecule has 1 amide bonds. The van der Waals surface area contributed by atoms with Crippen molar-refractivity contribution in [3.63, 3.8) is 0 Å². The summed E-state index contributed by atoms with van der Waals surface area (Å²) < 4.78 is 69.7. The molecule has 136 valence electrons. The predicted molar refractivity (Wildman–Crippen MR) is 75.6 cm³/mol. The van der Waals surface area contributed by atoms with E-state index in [1.54, 1.807) is 0 Å². The molecule has 0 unspecified atom stereocenters. The summed E-state index contributed by atoms with van der Waals surface area (Å²) in [6.07, 6.45) is -7.49. The first-order valence-electron chi connectivity index (χ1n) is 6.99. The van der Waals surface area contributed by atoms with Gasteiger partial charge in [-0.1, -0.05) is 18.2 Å². The molecule has 0 heterocycles. The van der Waals surface area contributed by atoms with Gasteiger partial charge >= 0.3 is 6.36 Å². The van der Waals surface area contributed by atoms with Crippen molar-refractivity contribution in [3.05, 3.63) is 29.8 Å². The minimum Gasteiger partial charge on any atom is -0.405 e. The minimum absolute atomic E-state index is 0.132. The molecular formula is C15H18F5NO3. The molecule has 0 aliphatic carbocycles. The maximum Gasteiger partial charge on any atom is 0.573 e. The molecule has 0 bridgehead atoms. The summed E-state index contributed by atoms with van der Waals surface area (Å²) in [5.41, 5.74) is -0.984. The minimum atomic E-state index is -4.84. The third-order valence-corrected chi connectivity index (χ3v) is 2.96. The number of carbonyl (C=O) groups excluding carboxylic acids is 1. The first-order chi connectivity index (χ1) is 11.0. The highest BCUT2D eigenvalue weighted by Crippen LogP contribution is 2.26. The van der Waals surface area contributed by atoms with Crippen molar-refractivity contribution in [2.24, 2.45) is 5.41 Å². The van der Waals surface area contributed by atoms with E-state index >= 15 is 0 Å². The molecule has 24 heavy (non-hydrogen) atoms. The fraction of sp³-hybridized carbons (Fsp3) is 0.533. The van der Waals surface area contributed by atoms with E-state index in [2.05, 4.69) is 10.1 Å². The predicted octanol–water partition coefficient (Wildman–Crippen LogP) is 3.51. The van der Waals surface area contributed by atoms with E-state index in [4.69, 9.17) is 4.74 Å². The van der Waals surface area contributed by atoms with Gasteiger partial charge in [-0.2, -0.15) is 0 Å². The number of halogens is 5. The van der Waals surface area contributed by atoms with Crippen LogP contribution in [0.5, 0.6) is 5.75 Å². The molecule has 4 nitrogen and oxygen atoms in total. The average molecular weight is 355 g/mol. The molecule has 0 aromatic heterocycles. The molecule has 0 spiro atoms. The highest BCUT2D eigenvalue weighted by Gasteiger charge is 2.32. The maximum absolute atomic E-state index is 12.3. The third-order valence-electron chi connectivity index (χ3n) is 2.96. The lowest BCUT2D eigenvalue weighted by Gasteiger charge is -2.23. The van der Waals surface area contributed by atoms with Crippen LogP contribution >= 0.6 is 0 Å². The Morgan fingerprint density at radius 3 is 2.42 bits per heavy atom. The largest absolute Gasteiger partial charge is 0.573 e. The number of alkyl halides is 5. The zero-order chi connectivity index (χ0) is 18.4. The number of ether oxygens (including phenoxy) is 2. The van der Waals surface area contributed by atoms with Gasteiger partial charge in [0, 0.05) is 12.1 Å². The molecule has 0 saturated heterocycles. The lowest BCUT2D eigenvalue weighted by atomic mass is 9.93. The molecule has 0 fully saturated rings. The number of hydrogen-bond donors (Lipinski definition) is 1. The normalized spacial score (nSPS) is 12.3. The Balaban J connectivity index is 2.63. The molecule has 1 aromatic carbocycles. The van der Waals surface area contributed by atoms with Crippen molar-refractivity contribution < 1.29 is 36.2 Å². The van der Waals surface area contributed by atoms with Gasteiger partial charge in [-0.15, -0.1) is 13.2 Å². The monoisotopic (exact) mass is 355 g/mol. The van der Waals surface area contributed by atoms with Crippen molar-refractivity contribution in [2.75, 3.05) is 13.2 Å². The van der Waals surface area contributed by atoms with Gasteiger partial charge in [-0.05, 0) is 19.9 Å². The lowest BCUT2D eigenvalue weighted by molar-refractivity contribution is -0.274. The summed E-state index contributed by atoms with van der Waals surface area (Å²) in [5.74, 6) is -0.962. The fourth-order valence-electron chi connectivity index (χ4n) is 1.76. The van der Waals surface area contributed by atoms with E-state index in [-0.39, 0.29) is 18.7 Å². The molecule has 0 saturated carbocycles. The van der Waals surface area contributed by atoms with Gasteiger partial charge in [-0.3, -0.25) is 4.79 Å². The number of para-hydroxylation sites is 1. The number of rotatable bonds is 8. The molecule has 1 rings (SSSR count). The quantitative estimate of drug-likeness (QED) is 0.726. The number of carbonyl (C=O) groups is 1. The molecule has 0 radical (unpaired) electrons. The van der Waals surface area contributed by atoms with Crippen LogP contribution in [0.4, 0.5) is 22.0 Å². The Morgan fingerprint density at radius 2 is 1.83 bits per heavy atom.